The largest absolute Gasteiger partial charge is 0.327 e. The van der Waals surface area contributed by atoms with Gasteiger partial charge in [0.05, 0.1) is 0 Å². The molecular formula is C16H24N2. The van der Waals surface area contributed by atoms with Crippen LogP contribution in [0, 0.1) is 11.3 Å². The Hall–Kier alpha value is -0.860. The highest BCUT2D eigenvalue weighted by atomic mass is 15.1. The maximum atomic E-state index is 6.33. The molecule has 0 amide bonds. The quantitative estimate of drug-likeness (QED) is 0.866. The standard InChI is InChI=1S/C16H24N2/c1-16-9-7-14(16)15(17)8-10-18(12-16)11-13-5-3-2-4-6-13/h2-6,14-15H,7-12,17H2,1H3/t14-,15?,16?/m0/s1. The van der Waals surface area contributed by atoms with Gasteiger partial charge in [-0.1, -0.05) is 37.3 Å². The lowest BCUT2D eigenvalue weighted by Gasteiger charge is -2.49. The molecule has 1 aromatic carbocycles. The van der Waals surface area contributed by atoms with Crippen molar-refractivity contribution in [3.8, 4) is 0 Å². The van der Waals surface area contributed by atoms with Gasteiger partial charge in [-0.3, -0.25) is 4.90 Å². The van der Waals surface area contributed by atoms with E-state index >= 15 is 0 Å². The first-order valence-corrected chi connectivity index (χ1v) is 7.19. The molecule has 0 bridgehead atoms. The summed E-state index contributed by atoms with van der Waals surface area (Å²) in [7, 11) is 0. The predicted molar refractivity (Wildman–Crippen MR) is 75.1 cm³/mol. The van der Waals surface area contributed by atoms with E-state index in [1.165, 1.54) is 24.9 Å². The van der Waals surface area contributed by atoms with Gasteiger partial charge in [0.2, 0.25) is 0 Å². The van der Waals surface area contributed by atoms with Crippen LogP contribution < -0.4 is 5.73 Å². The molecule has 1 aliphatic carbocycles. The average Bonchev–Trinajstić information content (AvgIpc) is 2.42. The first-order chi connectivity index (χ1) is 8.67. The van der Waals surface area contributed by atoms with Crippen molar-refractivity contribution in [1.29, 1.82) is 0 Å². The maximum absolute atomic E-state index is 6.33. The number of nitrogens with zero attached hydrogens (tertiary/aromatic N) is 1. The molecule has 2 aliphatic rings. The summed E-state index contributed by atoms with van der Waals surface area (Å²) in [5.74, 6) is 0.762. The lowest BCUT2D eigenvalue weighted by Crippen LogP contribution is -2.50. The van der Waals surface area contributed by atoms with Crippen LogP contribution in [-0.4, -0.2) is 24.0 Å². The van der Waals surface area contributed by atoms with E-state index in [2.05, 4.69) is 42.2 Å². The van der Waals surface area contributed by atoms with Crippen molar-refractivity contribution in [3.63, 3.8) is 0 Å². The smallest absolute Gasteiger partial charge is 0.0233 e. The molecule has 0 spiro atoms. The van der Waals surface area contributed by atoms with Gasteiger partial charge < -0.3 is 5.73 Å². The molecule has 0 aromatic heterocycles. The minimum absolute atomic E-state index is 0.421. The van der Waals surface area contributed by atoms with Crippen LogP contribution in [-0.2, 0) is 6.54 Å². The van der Waals surface area contributed by atoms with E-state index in [1.807, 2.05) is 0 Å². The Kier molecular flexibility index (Phi) is 3.16. The molecule has 2 N–H and O–H groups in total. The van der Waals surface area contributed by atoms with Crippen molar-refractivity contribution in [2.24, 2.45) is 17.1 Å². The van der Waals surface area contributed by atoms with Gasteiger partial charge in [-0.2, -0.15) is 0 Å². The Morgan fingerprint density at radius 2 is 2.06 bits per heavy atom. The highest BCUT2D eigenvalue weighted by Crippen LogP contribution is 2.50. The molecule has 1 saturated carbocycles. The lowest BCUT2D eigenvalue weighted by atomic mass is 9.58. The highest BCUT2D eigenvalue weighted by molar-refractivity contribution is 5.15. The van der Waals surface area contributed by atoms with Crippen molar-refractivity contribution in [3.05, 3.63) is 35.9 Å². The number of benzene rings is 1. The summed E-state index contributed by atoms with van der Waals surface area (Å²) in [6, 6.07) is 11.2. The molecule has 3 rings (SSSR count). The molecule has 18 heavy (non-hydrogen) atoms. The third-order valence-electron chi connectivity index (χ3n) is 5.05. The van der Waals surface area contributed by atoms with Crippen molar-refractivity contribution in [1.82, 2.24) is 4.90 Å². The van der Waals surface area contributed by atoms with Crippen LogP contribution in [0.3, 0.4) is 0 Å². The summed E-state index contributed by atoms with van der Waals surface area (Å²) in [6.07, 6.45) is 3.86. The highest BCUT2D eigenvalue weighted by Gasteiger charge is 2.47. The third-order valence-corrected chi connectivity index (χ3v) is 5.05. The number of hydrogen-bond acceptors (Lipinski definition) is 2. The molecule has 2 nitrogen and oxygen atoms in total. The fourth-order valence-corrected chi connectivity index (χ4v) is 3.83. The number of fused-ring (bicyclic) bond motifs is 1. The van der Waals surface area contributed by atoms with Crippen molar-refractivity contribution in [2.45, 2.75) is 38.8 Å². The van der Waals surface area contributed by atoms with Gasteiger partial charge in [0.1, 0.15) is 0 Å². The minimum atomic E-state index is 0.421. The summed E-state index contributed by atoms with van der Waals surface area (Å²) in [6.45, 7) is 5.89. The zero-order chi connectivity index (χ0) is 12.6. The number of rotatable bonds is 2. The van der Waals surface area contributed by atoms with Gasteiger partial charge in [-0.25, -0.2) is 0 Å². The molecule has 1 heterocycles. The summed E-state index contributed by atoms with van der Waals surface area (Å²) in [5.41, 5.74) is 8.23. The van der Waals surface area contributed by atoms with E-state index < -0.39 is 0 Å². The molecule has 3 atom stereocenters. The van der Waals surface area contributed by atoms with E-state index in [9.17, 15) is 0 Å². The van der Waals surface area contributed by atoms with Crippen LogP contribution in [0.2, 0.25) is 0 Å². The summed E-state index contributed by atoms with van der Waals surface area (Å²) >= 11 is 0. The van der Waals surface area contributed by atoms with Gasteiger partial charge in [0, 0.05) is 19.1 Å². The van der Waals surface area contributed by atoms with Gasteiger partial charge in [-0.05, 0) is 42.7 Å². The predicted octanol–water partition coefficient (Wildman–Crippen LogP) is 2.64. The Labute approximate surface area is 110 Å². The SMILES string of the molecule is CC12CC[C@H]1C(N)CCN(Cc1ccccc1)C2. The fourth-order valence-electron chi connectivity index (χ4n) is 3.83. The Morgan fingerprint density at radius 1 is 1.28 bits per heavy atom. The number of hydrogen-bond donors (Lipinski definition) is 1. The zero-order valence-electron chi connectivity index (χ0n) is 11.3. The van der Waals surface area contributed by atoms with Crippen LogP contribution in [0.15, 0.2) is 30.3 Å². The Morgan fingerprint density at radius 3 is 2.72 bits per heavy atom. The summed E-state index contributed by atoms with van der Waals surface area (Å²) in [4.78, 5) is 2.61. The molecule has 1 aromatic rings. The maximum Gasteiger partial charge on any atom is 0.0233 e. The molecule has 0 radical (unpaired) electrons. The topological polar surface area (TPSA) is 29.3 Å². The molecule has 1 saturated heterocycles. The van der Waals surface area contributed by atoms with Gasteiger partial charge in [-0.15, -0.1) is 0 Å². The van der Waals surface area contributed by atoms with E-state index in [-0.39, 0.29) is 0 Å². The summed E-state index contributed by atoms with van der Waals surface area (Å²) < 4.78 is 0. The van der Waals surface area contributed by atoms with Crippen molar-refractivity contribution < 1.29 is 0 Å². The second-order valence-electron chi connectivity index (χ2n) is 6.45. The average molecular weight is 244 g/mol. The molecular weight excluding hydrogens is 220 g/mol. The molecule has 2 unspecified atom stereocenters. The third kappa shape index (κ3) is 2.19. The minimum Gasteiger partial charge on any atom is -0.327 e. The second kappa shape index (κ2) is 4.67. The van der Waals surface area contributed by atoms with E-state index in [0.29, 0.717) is 11.5 Å². The van der Waals surface area contributed by atoms with E-state index in [1.54, 1.807) is 0 Å². The van der Waals surface area contributed by atoms with Gasteiger partial charge in [0.15, 0.2) is 0 Å². The first-order valence-electron chi connectivity index (χ1n) is 7.19. The molecule has 2 heteroatoms. The van der Waals surface area contributed by atoms with Crippen LogP contribution in [0.25, 0.3) is 0 Å². The van der Waals surface area contributed by atoms with Crippen molar-refractivity contribution >= 4 is 0 Å². The fraction of sp³-hybridized carbons (Fsp3) is 0.625. The van der Waals surface area contributed by atoms with Crippen LogP contribution in [0.5, 0.6) is 0 Å². The van der Waals surface area contributed by atoms with Crippen LogP contribution >= 0.6 is 0 Å². The number of likely N-dealkylation sites (tertiary alicyclic amines) is 1. The monoisotopic (exact) mass is 244 g/mol. The lowest BCUT2D eigenvalue weighted by molar-refractivity contribution is 0.0152. The van der Waals surface area contributed by atoms with Crippen LogP contribution in [0.4, 0.5) is 0 Å². The molecule has 98 valence electrons. The summed E-state index contributed by atoms with van der Waals surface area (Å²) in [5, 5.41) is 0. The molecule has 2 fully saturated rings. The van der Waals surface area contributed by atoms with E-state index in [0.717, 1.165) is 25.4 Å². The van der Waals surface area contributed by atoms with Crippen LogP contribution in [0.1, 0.15) is 31.7 Å². The van der Waals surface area contributed by atoms with Gasteiger partial charge in [0.25, 0.3) is 0 Å². The zero-order valence-corrected chi connectivity index (χ0v) is 11.3. The van der Waals surface area contributed by atoms with E-state index in [4.69, 9.17) is 5.73 Å². The molecule has 1 aliphatic heterocycles. The first kappa shape index (κ1) is 12.2. The second-order valence-corrected chi connectivity index (χ2v) is 6.45. The van der Waals surface area contributed by atoms with Gasteiger partial charge >= 0.3 is 0 Å². The Bertz CT molecular complexity index is 403. The van der Waals surface area contributed by atoms with Crippen molar-refractivity contribution in [2.75, 3.05) is 13.1 Å². The normalized spacial score (nSPS) is 36.6. The number of nitrogens with two attached hydrogens (primary N) is 1. The Balaban J connectivity index is 1.70.